The smallest absolute Gasteiger partial charge is 0.340 e. The van der Waals surface area contributed by atoms with Crippen LogP contribution in [0.3, 0.4) is 0 Å². The van der Waals surface area contributed by atoms with Gasteiger partial charge in [-0.15, -0.1) is 5.10 Å². The van der Waals surface area contributed by atoms with Crippen LogP contribution in [0.1, 0.15) is 10.4 Å². The molecule has 3 rings (SSSR count). The topological polar surface area (TPSA) is 151 Å². The Labute approximate surface area is 157 Å². The maximum Gasteiger partial charge on any atom is 0.340 e. The van der Waals surface area contributed by atoms with Crippen molar-refractivity contribution in [3.05, 3.63) is 68.5 Å². The Kier molecular flexibility index (Phi) is 4.88. The molecule has 12 heteroatoms. The van der Waals surface area contributed by atoms with Crippen LogP contribution in [0.5, 0.6) is 0 Å². The van der Waals surface area contributed by atoms with Crippen LogP contribution in [-0.4, -0.2) is 40.6 Å². The minimum atomic E-state index is -3.86. The van der Waals surface area contributed by atoms with Crippen molar-refractivity contribution in [1.29, 1.82) is 0 Å². The fourth-order valence-electron chi connectivity index (χ4n) is 2.41. The third-order valence-electron chi connectivity index (χ3n) is 3.74. The van der Waals surface area contributed by atoms with E-state index in [0.29, 0.717) is 5.52 Å². The lowest BCUT2D eigenvalue weighted by Crippen LogP contribution is -2.26. The van der Waals surface area contributed by atoms with Gasteiger partial charge in [-0.05, 0) is 24.3 Å². The zero-order valence-electron chi connectivity index (χ0n) is 14.3. The average Bonchev–Trinajstić information content (AvgIpc) is 2.66. The normalized spacial score (nSPS) is 11.3. The summed E-state index contributed by atoms with van der Waals surface area (Å²) in [6.07, 6.45) is 0.818. The molecular weight excluding hydrogens is 392 g/mol. The van der Waals surface area contributed by atoms with Gasteiger partial charge in [0.2, 0.25) is 0 Å². The van der Waals surface area contributed by atoms with E-state index in [2.05, 4.69) is 10.3 Å². The third kappa shape index (κ3) is 3.71. The molecule has 0 amide bonds. The molecule has 144 valence electrons. The van der Waals surface area contributed by atoms with E-state index in [1.165, 1.54) is 6.07 Å². The molecule has 0 atom stereocenters. The highest BCUT2D eigenvalue weighted by Gasteiger charge is 2.24. The summed E-state index contributed by atoms with van der Waals surface area (Å²) in [5.41, 5.74) is -1.15. The predicted octanol–water partition coefficient (Wildman–Crippen LogP) is 0.918. The van der Waals surface area contributed by atoms with Crippen LogP contribution in [0.15, 0.2) is 52.2 Å². The summed E-state index contributed by atoms with van der Waals surface area (Å²) in [6.45, 7) is -0.572. The molecule has 0 N–H and O–H groups in total. The molecule has 0 saturated carbocycles. The van der Waals surface area contributed by atoms with Crippen molar-refractivity contribution in [2.75, 3.05) is 6.26 Å². The van der Waals surface area contributed by atoms with Crippen molar-refractivity contribution >= 4 is 32.4 Å². The lowest BCUT2D eigenvalue weighted by Gasteiger charge is -2.07. The summed E-state index contributed by atoms with van der Waals surface area (Å²) in [4.78, 5) is 34.1. The van der Waals surface area contributed by atoms with Gasteiger partial charge in [0.1, 0.15) is 10.4 Å². The first-order valence-corrected chi connectivity index (χ1v) is 9.56. The first-order valence-electron chi connectivity index (χ1n) is 7.66. The number of hydrogen-bond donors (Lipinski definition) is 0. The number of aromatic nitrogens is 3. The summed E-state index contributed by atoms with van der Waals surface area (Å²) in [7, 11) is -3.86. The van der Waals surface area contributed by atoms with E-state index >= 15 is 0 Å². The lowest BCUT2D eigenvalue weighted by atomic mass is 10.2. The van der Waals surface area contributed by atoms with Crippen molar-refractivity contribution < 1.29 is 22.9 Å². The largest absolute Gasteiger partial charge is 0.439 e. The molecule has 0 bridgehead atoms. The van der Waals surface area contributed by atoms with Gasteiger partial charge in [-0.25, -0.2) is 13.2 Å². The van der Waals surface area contributed by atoms with E-state index < -0.39 is 43.6 Å². The zero-order chi connectivity index (χ0) is 20.5. The molecule has 0 aliphatic heterocycles. The fraction of sp³-hybridized carbons (Fsp3) is 0.125. The quantitative estimate of drug-likeness (QED) is 0.343. The SMILES string of the molecule is CS(=O)(=O)c1ccc(C(=O)OCn2nnc3ccccc3c2=O)cc1[N+](=O)[O-]. The number of rotatable bonds is 5. The molecule has 28 heavy (non-hydrogen) atoms. The van der Waals surface area contributed by atoms with E-state index in [-0.39, 0.29) is 10.9 Å². The summed E-state index contributed by atoms with van der Waals surface area (Å²) >= 11 is 0. The maximum absolute atomic E-state index is 12.3. The Morgan fingerprint density at radius 1 is 1.25 bits per heavy atom. The van der Waals surface area contributed by atoms with Crippen LogP contribution in [0.4, 0.5) is 5.69 Å². The van der Waals surface area contributed by atoms with Gasteiger partial charge >= 0.3 is 5.97 Å². The molecule has 0 radical (unpaired) electrons. The number of nitro benzene ring substituents is 1. The first kappa shape index (κ1) is 19.1. The van der Waals surface area contributed by atoms with Crippen molar-refractivity contribution in [2.24, 2.45) is 0 Å². The molecule has 1 aromatic heterocycles. The van der Waals surface area contributed by atoms with Gasteiger partial charge in [0.25, 0.3) is 11.2 Å². The molecule has 0 spiro atoms. The van der Waals surface area contributed by atoms with Gasteiger partial charge in [-0.1, -0.05) is 17.3 Å². The number of benzene rings is 2. The highest BCUT2D eigenvalue weighted by Crippen LogP contribution is 2.25. The first-order chi connectivity index (χ1) is 13.2. The molecule has 0 aliphatic carbocycles. The number of hydrogen-bond acceptors (Lipinski definition) is 9. The highest BCUT2D eigenvalue weighted by molar-refractivity contribution is 7.90. The van der Waals surface area contributed by atoms with Gasteiger partial charge < -0.3 is 4.74 Å². The Morgan fingerprint density at radius 2 is 1.96 bits per heavy atom. The summed E-state index contributed by atoms with van der Waals surface area (Å²) in [6, 6.07) is 9.30. The number of esters is 1. The monoisotopic (exact) mass is 404 g/mol. The molecule has 2 aromatic carbocycles. The Morgan fingerprint density at radius 3 is 2.64 bits per heavy atom. The number of carbonyl (C=O) groups excluding carboxylic acids is 1. The van der Waals surface area contributed by atoms with Gasteiger partial charge in [-0.3, -0.25) is 14.9 Å². The molecule has 0 unspecified atom stereocenters. The van der Waals surface area contributed by atoms with Gasteiger partial charge in [-0.2, -0.15) is 4.68 Å². The van der Waals surface area contributed by atoms with E-state index in [4.69, 9.17) is 4.74 Å². The number of sulfone groups is 1. The van der Waals surface area contributed by atoms with Gasteiger partial charge in [0, 0.05) is 12.3 Å². The number of carbonyl (C=O) groups is 1. The zero-order valence-corrected chi connectivity index (χ0v) is 15.1. The molecule has 3 aromatic rings. The molecular formula is C16H12N4O7S. The third-order valence-corrected chi connectivity index (χ3v) is 4.88. The number of nitrogens with zero attached hydrogens (tertiary/aromatic N) is 4. The molecule has 11 nitrogen and oxygen atoms in total. The maximum atomic E-state index is 12.3. The number of ether oxygens (including phenoxy) is 1. The Balaban J connectivity index is 1.86. The Hall–Kier alpha value is -3.67. The second-order valence-electron chi connectivity index (χ2n) is 5.68. The highest BCUT2D eigenvalue weighted by atomic mass is 32.2. The molecule has 0 aliphatic rings. The standard InChI is InChI=1S/C16H12N4O7S/c1-28(25,26)14-7-6-10(8-13(14)20(23)24)16(22)27-9-19-15(21)11-4-2-3-5-12(11)17-18-19/h2-8H,9H2,1H3. The summed E-state index contributed by atoms with van der Waals surface area (Å²) < 4.78 is 29.0. The van der Waals surface area contributed by atoms with Crippen LogP contribution in [0.2, 0.25) is 0 Å². The van der Waals surface area contributed by atoms with Crippen molar-refractivity contribution in [1.82, 2.24) is 15.0 Å². The number of nitro groups is 1. The van der Waals surface area contributed by atoms with E-state index in [1.807, 2.05) is 0 Å². The fourth-order valence-corrected chi connectivity index (χ4v) is 3.24. The van der Waals surface area contributed by atoms with Crippen molar-refractivity contribution in [2.45, 2.75) is 11.6 Å². The van der Waals surface area contributed by atoms with Crippen LogP contribution >= 0.6 is 0 Å². The van der Waals surface area contributed by atoms with Crippen LogP contribution in [0, 0.1) is 10.1 Å². The van der Waals surface area contributed by atoms with Crippen LogP contribution < -0.4 is 5.56 Å². The average molecular weight is 404 g/mol. The minimum Gasteiger partial charge on any atom is -0.439 e. The van der Waals surface area contributed by atoms with Gasteiger partial charge in [0.15, 0.2) is 16.6 Å². The van der Waals surface area contributed by atoms with E-state index in [0.717, 1.165) is 29.1 Å². The number of fused-ring (bicyclic) bond motifs is 1. The molecule has 1 heterocycles. The van der Waals surface area contributed by atoms with Crippen molar-refractivity contribution in [3.63, 3.8) is 0 Å². The predicted molar refractivity (Wildman–Crippen MR) is 95.4 cm³/mol. The summed E-state index contributed by atoms with van der Waals surface area (Å²) in [5.74, 6) is -0.995. The van der Waals surface area contributed by atoms with Crippen LogP contribution in [-0.2, 0) is 21.3 Å². The van der Waals surface area contributed by atoms with E-state index in [1.54, 1.807) is 18.2 Å². The van der Waals surface area contributed by atoms with E-state index in [9.17, 15) is 28.1 Å². The second kappa shape index (κ2) is 7.15. The molecule has 0 saturated heterocycles. The molecule has 0 fully saturated rings. The Bertz CT molecular complexity index is 1270. The van der Waals surface area contributed by atoms with Crippen LogP contribution in [0.25, 0.3) is 10.9 Å². The lowest BCUT2D eigenvalue weighted by molar-refractivity contribution is -0.387. The second-order valence-corrected chi connectivity index (χ2v) is 7.67. The van der Waals surface area contributed by atoms with Crippen molar-refractivity contribution in [3.8, 4) is 0 Å². The minimum absolute atomic E-state index is 0.249. The summed E-state index contributed by atoms with van der Waals surface area (Å²) in [5, 5.41) is 18.9. The van der Waals surface area contributed by atoms with Gasteiger partial charge in [0.05, 0.1) is 15.9 Å².